The van der Waals surface area contributed by atoms with Crippen LogP contribution in [0.1, 0.15) is 5.56 Å². The molecule has 0 amide bonds. The van der Waals surface area contributed by atoms with Crippen molar-refractivity contribution in [2.45, 2.75) is 12.7 Å². The van der Waals surface area contributed by atoms with E-state index in [2.05, 4.69) is 9.97 Å². The summed E-state index contributed by atoms with van der Waals surface area (Å²) >= 11 is 0. The Labute approximate surface area is 82.4 Å². The summed E-state index contributed by atoms with van der Waals surface area (Å²) in [6, 6.07) is 0. The number of hydrogen-bond donors (Lipinski definition) is 1. The number of rotatable bonds is 3. The smallest absolute Gasteiger partial charge is 0.225 e. The van der Waals surface area contributed by atoms with Crippen LogP contribution in [0.15, 0.2) is 12.4 Å². The minimum absolute atomic E-state index is 0.225. The topological polar surface area (TPSA) is 58.5 Å². The van der Waals surface area contributed by atoms with Gasteiger partial charge in [-0.15, -0.1) is 0 Å². The predicted octanol–water partition coefficient (Wildman–Crippen LogP) is -0.196. The molecule has 1 fully saturated rings. The first-order valence-electron chi connectivity index (χ1n) is 4.52. The van der Waals surface area contributed by atoms with E-state index in [0.717, 1.165) is 5.56 Å². The van der Waals surface area contributed by atoms with E-state index in [1.807, 2.05) is 4.90 Å². The van der Waals surface area contributed by atoms with Gasteiger partial charge >= 0.3 is 0 Å². The first-order valence-corrected chi connectivity index (χ1v) is 4.52. The lowest BCUT2D eigenvalue weighted by molar-refractivity contribution is 0.140. The molecule has 0 saturated carbocycles. The molecule has 1 aliphatic heterocycles. The van der Waals surface area contributed by atoms with E-state index < -0.39 is 0 Å². The van der Waals surface area contributed by atoms with E-state index in [-0.39, 0.29) is 6.10 Å². The largest absolute Gasteiger partial charge is 0.389 e. The van der Waals surface area contributed by atoms with E-state index in [1.54, 1.807) is 19.5 Å². The molecule has 0 bridgehead atoms. The molecule has 1 aromatic rings. The summed E-state index contributed by atoms with van der Waals surface area (Å²) in [5.74, 6) is 0.676. The number of methoxy groups -OCH3 is 1. The Morgan fingerprint density at radius 1 is 1.50 bits per heavy atom. The predicted molar refractivity (Wildman–Crippen MR) is 51.0 cm³/mol. The normalized spacial score (nSPS) is 16.9. The van der Waals surface area contributed by atoms with Gasteiger partial charge in [-0.3, -0.25) is 0 Å². The second kappa shape index (κ2) is 3.89. The Kier molecular flexibility index (Phi) is 2.60. The zero-order valence-corrected chi connectivity index (χ0v) is 8.05. The Bertz CT molecular complexity index is 295. The Morgan fingerprint density at radius 2 is 2.14 bits per heavy atom. The molecule has 0 atom stereocenters. The van der Waals surface area contributed by atoms with Gasteiger partial charge in [-0.05, 0) is 0 Å². The summed E-state index contributed by atoms with van der Waals surface area (Å²) in [7, 11) is 1.64. The van der Waals surface area contributed by atoms with Crippen molar-refractivity contribution in [3.05, 3.63) is 18.0 Å². The van der Waals surface area contributed by atoms with Crippen molar-refractivity contribution < 1.29 is 9.84 Å². The third-order valence-electron chi connectivity index (χ3n) is 2.15. The zero-order chi connectivity index (χ0) is 9.97. The summed E-state index contributed by atoms with van der Waals surface area (Å²) in [5, 5.41) is 9.10. The third-order valence-corrected chi connectivity index (χ3v) is 2.15. The number of β-amino-alcohol motifs (C(OH)–C–C–N with tert-alkyl or cyclic N) is 1. The van der Waals surface area contributed by atoms with Crippen molar-refractivity contribution in [2.75, 3.05) is 25.1 Å². The number of aromatic nitrogens is 2. The van der Waals surface area contributed by atoms with Gasteiger partial charge in [0, 0.05) is 38.2 Å². The minimum Gasteiger partial charge on any atom is -0.389 e. The van der Waals surface area contributed by atoms with Gasteiger partial charge < -0.3 is 14.7 Å². The second-order valence-electron chi connectivity index (χ2n) is 3.38. The molecule has 1 saturated heterocycles. The van der Waals surface area contributed by atoms with Gasteiger partial charge in [-0.25, -0.2) is 9.97 Å². The highest BCUT2D eigenvalue weighted by molar-refractivity contribution is 5.34. The summed E-state index contributed by atoms with van der Waals surface area (Å²) in [5.41, 5.74) is 0.956. The fourth-order valence-corrected chi connectivity index (χ4v) is 1.37. The lowest BCUT2D eigenvalue weighted by Gasteiger charge is -2.35. The molecule has 76 valence electrons. The van der Waals surface area contributed by atoms with Gasteiger partial charge in [-0.2, -0.15) is 0 Å². The molecular weight excluding hydrogens is 182 g/mol. The molecule has 1 aromatic heterocycles. The molecule has 2 heterocycles. The molecule has 0 unspecified atom stereocenters. The highest BCUT2D eigenvalue weighted by atomic mass is 16.5. The number of nitrogens with zero attached hydrogens (tertiary/aromatic N) is 3. The second-order valence-corrected chi connectivity index (χ2v) is 3.38. The Balaban J connectivity index is 1.99. The minimum atomic E-state index is -0.225. The SMILES string of the molecule is COCc1cnc(N2CC(O)C2)nc1. The fourth-order valence-electron chi connectivity index (χ4n) is 1.37. The highest BCUT2D eigenvalue weighted by Gasteiger charge is 2.26. The van der Waals surface area contributed by atoms with Gasteiger partial charge in [0.1, 0.15) is 0 Å². The molecule has 0 spiro atoms. The molecule has 0 aromatic carbocycles. The maximum Gasteiger partial charge on any atom is 0.225 e. The van der Waals surface area contributed by atoms with Crippen LogP contribution in [0.4, 0.5) is 5.95 Å². The van der Waals surface area contributed by atoms with Crippen molar-refractivity contribution in [3.8, 4) is 0 Å². The summed E-state index contributed by atoms with van der Waals surface area (Å²) in [6.45, 7) is 1.79. The van der Waals surface area contributed by atoms with Crippen molar-refractivity contribution in [2.24, 2.45) is 0 Å². The van der Waals surface area contributed by atoms with Crippen molar-refractivity contribution in [1.29, 1.82) is 0 Å². The monoisotopic (exact) mass is 195 g/mol. The van der Waals surface area contributed by atoms with Crippen LogP contribution in [-0.2, 0) is 11.3 Å². The quantitative estimate of drug-likeness (QED) is 0.724. The van der Waals surface area contributed by atoms with Crippen LogP contribution in [0.2, 0.25) is 0 Å². The molecular formula is C9H13N3O2. The van der Waals surface area contributed by atoms with E-state index in [1.165, 1.54) is 0 Å². The Morgan fingerprint density at radius 3 is 2.64 bits per heavy atom. The van der Waals surface area contributed by atoms with Crippen LogP contribution < -0.4 is 4.90 Å². The molecule has 5 nitrogen and oxygen atoms in total. The van der Waals surface area contributed by atoms with E-state index >= 15 is 0 Å². The Hall–Kier alpha value is -1.20. The number of hydrogen-bond acceptors (Lipinski definition) is 5. The van der Waals surface area contributed by atoms with Crippen LogP contribution in [0, 0.1) is 0 Å². The molecule has 0 aliphatic carbocycles. The van der Waals surface area contributed by atoms with Crippen molar-refractivity contribution >= 4 is 5.95 Å². The maximum absolute atomic E-state index is 9.10. The fraction of sp³-hybridized carbons (Fsp3) is 0.556. The van der Waals surface area contributed by atoms with Crippen molar-refractivity contribution in [1.82, 2.24) is 9.97 Å². The lowest BCUT2D eigenvalue weighted by atomic mass is 10.2. The lowest BCUT2D eigenvalue weighted by Crippen LogP contribution is -2.51. The highest BCUT2D eigenvalue weighted by Crippen LogP contribution is 2.15. The van der Waals surface area contributed by atoms with Gasteiger partial charge in [0.25, 0.3) is 0 Å². The van der Waals surface area contributed by atoms with Crippen LogP contribution in [0.3, 0.4) is 0 Å². The van der Waals surface area contributed by atoms with Crippen molar-refractivity contribution in [3.63, 3.8) is 0 Å². The van der Waals surface area contributed by atoms with Gasteiger partial charge in [0.05, 0.1) is 12.7 Å². The number of aliphatic hydroxyl groups excluding tert-OH is 1. The summed E-state index contributed by atoms with van der Waals surface area (Å²) in [4.78, 5) is 10.3. The maximum atomic E-state index is 9.10. The average Bonchev–Trinajstić information content (AvgIpc) is 2.15. The molecule has 1 aliphatic rings. The van der Waals surface area contributed by atoms with Crippen LogP contribution >= 0.6 is 0 Å². The van der Waals surface area contributed by atoms with E-state index in [9.17, 15) is 0 Å². The van der Waals surface area contributed by atoms with Crippen LogP contribution in [0.25, 0.3) is 0 Å². The third kappa shape index (κ3) is 1.83. The standard InChI is InChI=1S/C9H13N3O2/c1-14-6-7-2-10-9(11-3-7)12-4-8(13)5-12/h2-3,8,13H,4-6H2,1H3. The van der Waals surface area contributed by atoms with Crippen LogP contribution in [0.5, 0.6) is 0 Å². The van der Waals surface area contributed by atoms with Gasteiger partial charge in [0.15, 0.2) is 0 Å². The summed E-state index contributed by atoms with van der Waals surface area (Å²) < 4.78 is 4.95. The van der Waals surface area contributed by atoms with Crippen LogP contribution in [-0.4, -0.2) is 41.4 Å². The molecule has 2 rings (SSSR count). The number of aliphatic hydroxyl groups is 1. The van der Waals surface area contributed by atoms with Gasteiger partial charge in [-0.1, -0.05) is 0 Å². The number of anilines is 1. The summed E-state index contributed by atoms with van der Waals surface area (Å²) in [6.07, 6.45) is 3.27. The molecule has 5 heteroatoms. The van der Waals surface area contributed by atoms with E-state index in [0.29, 0.717) is 25.6 Å². The zero-order valence-electron chi connectivity index (χ0n) is 8.05. The van der Waals surface area contributed by atoms with Gasteiger partial charge in [0.2, 0.25) is 5.95 Å². The molecule has 14 heavy (non-hydrogen) atoms. The number of ether oxygens (including phenoxy) is 1. The average molecular weight is 195 g/mol. The molecule has 0 radical (unpaired) electrons. The first-order chi connectivity index (χ1) is 6.79. The first kappa shape index (κ1) is 9.36. The van der Waals surface area contributed by atoms with E-state index in [4.69, 9.17) is 9.84 Å². The molecule has 1 N–H and O–H groups in total.